The summed E-state index contributed by atoms with van der Waals surface area (Å²) < 4.78 is 42.0. The van der Waals surface area contributed by atoms with Crippen molar-refractivity contribution in [3.63, 3.8) is 0 Å². The maximum Gasteiger partial charge on any atom is 0.268 e. The lowest BCUT2D eigenvalue weighted by molar-refractivity contribution is 0.143. The summed E-state index contributed by atoms with van der Waals surface area (Å²) in [6.45, 7) is 1.37. The highest BCUT2D eigenvalue weighted by atomic mass is 19.3. The first-order valence-electron chi connectivity index (χ1n) is 3.55. The molecule has 0 fully saturated rings. The molecule has 0 aliphatic carbocycles. The average Bonchev–Trinajstić information content (AvgIpc) is 2.04. The summed E-state index contributed by atoms with van der Waals surface area (Å²) in [6, 6.07) is 0. The van der Waals surface area contributed by atoms with Gasteiger partial charge in [0.1, 0.15) is 5.75 Å². The van der Waals surface area contributed by atoms with Gasteiger partial charge in [0.05, 0.1) is 18.9 Å². The minimum Gasteiger partial charge on any atom is -0.495 e. The molecule has 1 aromatic heterocycles. The van der Waals surface area contributed by atoms with Crippen molar-refractivity contribution in [1.29, 1.82) is 0 Å². The van der Waals surface area contributed by atoms with E-state index in [1.165, 1.54) is 14.0 Å². The Bertz CT molecular complexity index is 315. The van der Waals surface area contributed by atoms with Crippen LogP contribution in [0.25, 0.3) is 0 Å². The zero-order valence-corrected chi connectivity index (χ0v) is 7.14. The van der Waals surface area contributed by atoms with Crippen molar-refractivity contribution in [2.24, 2.45) is 0 Å². The smallest absolute Gasteiger partial charge is 0.268 e. The SMILES string of the molecule is COc1cnc(F)c(C(F)F)c1C. The molecule has 0 saturated heterocycles. The molecule has 13 heavy (non-hydrogen) atoms. The first-order chi connectivity index (χ1) is 6.07. The third-order valence-electron chi connectivity index (χ3n) is 1.73. The number of hydrogen-bond acceptors (Lipinski definition) is 2. The number of aromatic nitrogens is 1. The van der Waals surface area contributed by atoms with Gasteiger partial charge in [-0.1, -0.05) is 0 Å². The van der Waals surface area contributed by atoms with E-state index < -0.39 is 17.9 Å². The van der Waals surface area contributed by atoms with Crippen LogP contribution in [-0.2, 0) is 0 Å². The molecule has 72 valence electrons. The summed E-state index contributed by atoms with van der Waals surface area (Å²) in [5.74, 6) is -0.981. The van der Waals surface area contributed by atoms with Crippen LogP contribution in [0.3, 0.4) is 0 Å². The van der Waals surface area contributed by atoms with Gasteiger partial charge >= 0.3 is 0 Å². The number of halogens is 3. The monoisotopic (exact) mass is 191 g/mol. The first-order valence-corrected chi connectivity index (χ1v) is 3.55. The lowest BCUT2D eigenvalue weighted by atomic mass is 10.1. The lowest BCUT2D eigenvalue weighted by Gasteiger charge is -2.09. The second kappa shape index (κ2) is 3.64. The van der Waals surface area contributed by atoms with E-state index in [2.05, 4.69) is 4.98 Å². The molecule has 1 heterocycles. The summed E-state index contributed by atoms with van der Waals surface area (Å²) in [5.41, 5.74) is -0.607. The topological polar surface area (TPSA) is 22.1 Å². The predicted molar refractivity (Wildman–Crippen MR) is 40.4 cm³/mol. The largest absolute Gasteiger partial charge is 0.495 e. The third kappa shape index (κ3) is 1.74. The van der Waals surface area contributed by atoms with Crippen LogP contribution in [0.2, 0.25) is 0 Å². The number of alkyl halides is 2. The minimum absolute atomic E-state index is 0.0880. The van der Waals surface area contributed by atoms with Gasteiger partial charge in [-0.2, -0.15) is 4.39 Å². The molecule has 1 aromatic rings. The standard InChI is InChI=1S/C8H8F3NO/c1-4-5(13-2)3-12-8(11)6(4)7(9)10/h3,7H,1-2H3. The van der Waals surface area contributed by atoms with E-state index in [4.69, 9.17) is 4.74 Å². The highest BCUT2D eigenvalue weighted by Crippen LogP contribution is 2.29. The molecule has 0 aromatic carbocycles. The van der Waals surface area contributed by atoms with Crippen LogP contribution in [0.15, 0.2) is 6.20 Å². The second-order valence-corrected chi connectivity index (χ2v) is 2.46. The van der Waals surface area contributed by atoms with Crippen LogP contribution in [0, 0.1) is 12.9 Å². The van der Waals surface area contributed by atoms with E-state index >= 15 is 0 Å². The van der Waals surface area contributed by atoms with E-state index in [9.17, 15) is 13.2 Å². The summed E-state index contributed by atoms with van der Waals surface area (Å²) in [6.07, 6.45) is -1.79. The molecular formula is C8H8F3NO. The van der Waals surface area contributed by atoms with E-state index in [1.54, 1.807) is 0 Å². The molecule has 0 aliphatic heterocycles. The van der Waals surface area contributed by atoms with Gasteiger partial charge in [-0.15, -0.1) is 0 Å². The molecule has 0 amide bonds. The molecule has 0 N–H and O–H groups in total. The van der Waals surface area contributed by atoms with Crippen LogP contribution in [0.1, 0.15) is 17.6 Å². The Morgan fingerprint density at radius 1 is 1.46 bits per heavy atom. The van der Waals surface area contributed by atoms with E-state index in [0.29, 0.717) is 0 Å². The number of rotatable bonds is 2. The molecule has 0 atom stereocenters. The van der Waals surface area contributed by atoms with Gasteiger partial charge in [-0.05, 0) is 6.92 Å². The average molecular weight is 191 g/mol. The van der Waals surface area contributed by atoms with Gasteiger partial charge in [-0.25, -0.2) is 13.8 Å². The molecular weight excluding hydrogens is 183 g/mol. The molecule has 0 bridgehead atoms. The second-order valence-electron chi connectivity index (χ2n) is 2.46. The summed E-state index contributed by atoms with van der Waals surface area (Å²) in [4.78, 5) is 3.16. The number of methoxy groups -OCH3 is 1. The minimum atomic E-state index is -2.87. The maximum absolute atomic E-state index is 12.8. The number of pyridine rings is 1. The van der Waals surface area contributed by atoms with Gasteiger partial charge in [0, 0.05) is 5.56 Å². The fourth-order valence-corrected chi connectivity index (χ4v) is 1.03. The third-order valence-corrected chi connectivity index (χ3v) is 1.73. The van der Waals surface area contributed by atoms with Crippen LogP contribution in [0.4, 0.5) is 13.2 Å². The summed E-state index contributed by atoms with van der Waals surface area (Å²) in [5, 5.41) is 0. The van der Waals surface area contributed by atoms with Gasteiger partial charge < -0.3 is 4.74 Å². The zero-order valence-electron chi connectivity index (χ0n) is 7.14. The number of ether oxygens (including phenoxy) is 1. The lowest BCUT2D eigenvalue weighted by Crippen LogP contribution is -2.00. The highest BCUT2D eigenvalue weighted by molar-refractivity contribution is 5.37. The molecule has 5 heteroatoms. The Labute approximate surface area is 73.4 Å². The van der Waals surface area contributed by atoms with Crippen molar-refractivity contribution in [3.8, 4) is 5.75 Å². The fraction of sp³-hybridized carbons (Fsp3) is 0.375. The van der Waals surface area contributed by atoms with Crippen LogP contribution in [-0.4, -0.2) is 12.1 Å². The quantitative estimate of drug-likeness (QED) is 0.670. The number of hydrogen-bond donors (Lipinski definition) is 0. The summed E-state index contributed by atoms with van der Waals surface area (Å²) in [7, 11) is 1.32. The number of nitrogens with zero attached hydrogens (tertiary/aromatic N) is 1. The van der Waals surface area contributed by atoms with Crippen molar-refractivity contribution in [3.05, 3.63) is 23.3 Å². The molecule has 0 spiro atoms. The molecule has 0 radical (unpaired) electrons. The Morgan fingerprint density at radius 2 is 2.08 bits per heavy atom. The molecule has 0 saturated carbocycles. The predicted octanol–water partition coefficient (Wildman–Crippen LogP) is 2.48. The Morgan fingerprint density at radius 3 is 2.54 bits per heavy atom. The van der Waals surface area contributed by atoms with Crippen molar-refractivity contribution in [2.45, 2.75) is 13.3 Å². The van der Waals surface area contributed by atoms with E-state index in [-0.39, 0.29) is 11.3 Å². The zero-order chi connectivity index (χ0) is 10.0. The van der Waals surface area contributed by atoms with Gasteiger partial charge in [0.25, 0.3) is 6.43 Å². The first kappa shape index (κ1) is 9.83. The fourth-order valence-electron chi connectivity index (χ4n) is 1.03. The maximum atomic E-state index is 12.8. The van der Waals surface area contributed by atoms with E-state index in [0.717, 1.165) is 6.20 Å². The van der Waals surface area contributed by atoms with Crippen molar-refractivity contribution in [2.75, 3.05) is 7.11 Å². The van der Waals surface area contributed by atoms with Crippen molar-refractivity contribution >= 4 is 0 Å². The van der Waals surface area contributed by atoms with Crippen LogP contribution < -0.4 is 4.74 Å². The molecule has 1 rings (SSSR count). The van der Waals surface area contributed by atoms with Gasteiger partial charge in [0.15, 0.2) is 0 Å². The Hall–Kier alpha value is -1.26. The van der Waals surface area contributed by atoms with Crippen molar-refractivity contribution < 1.29 is 17.9 Å². The molecule has 2 nitrogen and oxygen atoms in total. The van der Waals surface area contributed by atoms with Crippen molar-refractivity contribution in [1.82, 2.24) is 4.98 Å². The normalized spacial score (nSPS) is 10.6. The Kier molecular flexibility index (Phi) is 2.75. The molecule has 0 unspecified atom stereocenters. The Balaban J connectivity index is 3.30. The van der Waals surface area contributed by atoms with Crippen LogP contribution in [0.5, 0.6) is 5.75 Å². The van der Waals surface area contributed by atoms with Gasteiger partial charge in [-0.3, -0.25) is 0 Å². The summed E-state index contributed by atoms with van der Waals surface area (Å²) >= 11 is 0. The molecule has 0 aliphatic rings. The highest BCUT2D eigenvalue weighted by Gasteiger charge is 2.20. The van der Waals surface area contributed by atoms with Gasteiger partial charge in [0.2, 0.25) is 5.95 Å². The van der Waals surface area contributed by atoms with Crippen LogP contribution >= 0.6 is 0 Å². The van der Waals surface area contributed by atoms with E-state index in [1.807, 2.05) is 0 Å².